The van der Waals surface area contributed by atoms with E-state index in [9.17, 15) is 13.2 Å². The van der Waals surface area contributed by atoms with Crippen LogP contribution in [0.15, 0.2) is 24.4 Å². The van der Waals surface area contributed by atoms with Gasteiger partial charge in [-0.05, 0) is 44.9 Å². The number of nitrogens with zero attached hydrogens (tertiary/aromatic N) is 3. The Labute approximate surface area is 234 Å². The molecule has 1 atom stereocenters. The predicted molar refractivity (Wildman–Crippen MR) is 154 cm³/mol. The van der Waals surface area contributed by atoms with Crippen molar-refractivity contribution in [3.8, 4) is 28.4 Å². The lowest BCUT2D eigenvalue weighted by atomic mass is 9.96. The molecule has 0 bridgehead atoms. The van der Waals surface area contributed by atoms with Gasteiger partial charge in [-0.2, -0.15) is 0 Å². The van der Waals surface area contributed by atoms with Gasteiger partial charge >= 0.3 is 6.09 Å². The molecule has 4 rings (SSSR count). The molecular weight excluding hydrogens is 534 g/mol. The standard InChI is InChI=1S/C27H37N7O5S/c1-15(30-26(35)39-7)14-29-25-28-11-10-19(31-25)23-22(32-24(33-23)27(3,4)5)17-12-20(16(2)21(13-17)38-6)34-40(36,37)18-8-9-18/h10-13,15,18,34H,8-9,14H2,1-7H3,(H,30,35)(H,32,33)(H,28,29,31)/t15-/m0/s1. The molecule has 1 amide bonds. The van der Waals surface area contributed by atoms with Crippen LogP contribution in [-0.4, -0.2) is 66.5 Å². The molecule has 1 saturated carbocycles. The Morgan fingerprint density at radius 1 is 1.20 bits per heavy atom. The topological polar surface area (TPSA) is 160 Å². The molecule has 2 heterocycles. The number of rotatable bonds is 10. The van der Waals surface area contributed by atoms with Gasteiger partial charge in [0.2, 0.25) is 16.0 Å². The fraction of sp³-hybridized carbons (Fsp3) is 0.481. The predicted octanol–water partition coefficient (Wildman–Crippen LogP) is 4.21. The Morgan fingerprint density at radius 2 is 1.93 bits per heavy atom. The van der Waals surface area contributed by atoms with Crippen LogP contribution in [0.25, 0.3) is 22.6 Å². The van der Waals surface area contributed by atoms with Crippen molar-refractivity contribution in [3.05, 3.63) is 35.8 Å². The summed E-state index contributed by atoms with van der Waals surface area (Å²) in [6.07, 6.45) is 2.43. The summed E-state index contributed by atoms with van der Waals surface area (Å²) in [4.78, 5) is 28.8. The Morgan fingerprint density at radius 3 is 2.55 bits per heavy atom. The molecular formula is C27H37N7O5S. The number of hydrogen-bond acceptors (Lipinski definition) is 9. The van der Waals surface area contributed by atoms with Crippen LogP contribution in [0.4, 0.5) is 16.4 Å². The van der Waals surface area contributed by atoms with Crippen molar-refractivity contribution < 1.29 is 22.7 Å². The molecule has 3 aromatic rings. The van der Waals surface area contributed by atoms with E-state index in [2.05, 4.69) is 35.0 Å². The molecule has 0 saturated heterocycles. The summed E-state index contributed by atoms with van der Waals surface area (Å²) < 4.78 is 38.6. The summed E-state index contributed by atoms with van der Waals surface area (Å²) in [5.41, 5.74) is 3.33. The number of aromatic amines is 1. The van der Waals surface area contributed by atoms with Crippen molar-refractivity contribution in [2.45, 2.75) is 64.2 Å². The van der Waals surface area contributed by atoms with Gasteiger partial charge in [0.1, 0.15) is 11.6 Å². The molecule has 0 unspecified atom stereocenters. The summed E-state index contributed by atoms with van der Waals surface area (Å²) in [5.74, 6) is 1.64. The molecule has 0 spiro atoms. The zero-order valence-electron chi connectivity index (χ0n) is 23.9. The van der Waals surface area contributed by atoms with E-state index < -0.39 is 16.1 Å². The van der Waals surface area contributed by atoms with Gasteiger partial charge in [-0.3, -0.25) is 4.72 Å². The number of imidazole rings is 1. The monoisotopic (exact) mass is 571 g/mol. The fourth-order valence-electron chi connectivity index (χ4n) is 4.02. The van der Waals surface area contributed by atoms with Crippen molar-refractivity contribution in [2.75, 3.05) is 30.8 Å². The van der Waals surface area contributed by atoms with Gasteiger partial charge in [-0.25, -0.2) is 28.2 Å². The molecule has 1 aliphatic carbocycles. The van der Waals surface area contributed by atoms with Crippen LogP contribution >= 0.6 is 0 Å². The van der Waals surface area contributed by atoms with Crippen LogP contribution in [0.2, 0.25) is 0 Å². The molecule has 216 valence electrons. The summed E-state index contributed by atoms with van der Waals surface area (Å²) >= 11 is 0. The number of sulfonamides is 1. The molecule has 0 aliphatic heterocycles. The summed E-state index contributed by atoms with van der Waals surface area (Å²) in [6.45, 7) is 10.2. The first-order valence-corrected chi connectivity index (χ1v) is 14.6. The normalized spacial score (nSPS) is 14.4. The third-order valence-corrected chi connectivity index (χ3v) is 8.36. The van der Waals surface area contributed by atoms with Crippen LogP contribution in [0.5, 0.6) is 5.75 Å². The minimum atomic E-state index is -3.49. The SMILES string of the molecule is COC(=O)N[C@@H](C)CNc1nccc(-c2[nH]c(C(C)(C)C)nc2-c2cc(NS(=O)(=O)C3CC3)c(C)c(OC)c2)n1. The molecule has 1 aromatic carbocycles. The van der Waals surface area contributed by atoms with E-state index >= 15 is 0 Å². The summed E-state index contributed by atoms with van der Waals surface area (Å²) in [6, 6.07) is 5.17. The first-order valence-electron chi connectivity index (χ1n) is 13.0. The molecule has 13 heteroatoms. The Kier molecular flexibility index (Phi) is 8.24. The zero-order chi connectivity index (χ0) is 29.2. The molecule has 0 radical (unpaired) electrons. The Bertz CT molecular complexity index is 1490. The first kappa shape index (κ1) is 29.1. The van der Waals surface area contributed by atoms with Crippen LogP contribution in [-0.2, 0) is 20.2 Å². The molecule has 1 aliphatic rings. The minimum Gasteiger partial charge on any atom is -0.496 e. The third kappa shape index (κ3) is 6.64. The number of amides is 1. The highest BCUT2D eigenvalue weighted by molar-refractivity contribution is 7.93. The maximum Gasteiger partial charge on any atom is 0.407 e. The number of nitrogens with one attached hydrogen (secondary N) is 4. The van der Waals surface area contributed by atoms with Crippen LogP contribution in [0.1, 0.15) is 51.9 Å². The van der Waals surface area contributed by atoms with Gasteiger partial charge in [-0.15, -0.1) is 0 Å². The number of H-pyrrole nitrogens is 1. The van der Waals surface area contributed by atoms with Crippen molar-refractivity contribution in [3.63, 3.8) is 0 Å². The molecule has 40 heavy (non-hydrogen) atoms. The average Bonchev–Trinajstić information content (AvgIpc) is 3.67. The van der Waals surface area contributed by atoms with Gasteiger partial charge in [0.05, 0.1) is 42.2 Å². The van der Waals surface area contributed by atoms with Crippen molar-refractivity contribution >= 4 is 27.8 Å². The highest BCUT2D eigenvalue weighted by Gasteiger charge is 2.36. The van der Waals surface area contributed by atoms with Crippen LogP contribution < -0.4 is 20.1 Å². The number of aromatic nitrogens is 4. The summed E-state index contributed by atoms with van der Waals surface area (Å²) in [5, 5.41) is 5.45. The second kappa shape index (κ2) is 11.3. The van der Waals surface area contributed by atoms with Crippen LogP contribution in [0, 0.1) is 6.92 Å². The van der Waals surface area contributed by atoms with E-state index in [1.54, 1.807) is 25.4 Å². The number of carbonyl (C=O) groups excluding carboxylic acids is 1. The smallest absolute Gasteiger partial charge is 0.407 e. The lowest BCUT2D eigenvalue weighted by molar-refractivity contribution is 0.168. The van der Waals surface area contributed by atoms with E-state index in [0.29, 0.717) is 65.0 Å². The minimum absolute atomic E-state index is 0.229. The lowest BCUT2D eigenvalue weighted by Gasteiger charge is -2.16. The fourth-order valence-corrected chi connectivity index (χ4v) is 5.46. The van der Waals surface area contributed by atoms with Crippen molar-refractivity contribution in [2.24, 2.45) is 0 Å². The van der Waals surface area contributed by atoms with E-state index in [1.807, 2.05) is 40.7 Å². The molecule has 2 aromatic heterocycles. The van der Waals surface area contributed by atoms with Crippen LogP contribution in [0.3, 0.4) is 0 Å². The van der Waals surface area contributed by atoms with E-state index in [1.165, 1.54) is 7.11 Å². The van der Waals surface area contributed by atoms with E-state index in [0.717, 1.165) is 5.82 Å². The van der Waals surface area contributed by atoms with Crippen molar-refractivity contribution in [1.29, 1.82) is 0 Å². The lowest BCUT2D eigenvalue weighted by Crippen LogP contribution is -2.37. The van der Waals surface area contributed by atoms with Gasteiger partial charge in [-0.1, -0.05) is 20.8 Å². The number of alkyl carbamates (subject to hydrolysis) is 1. The molecule has 4 N–H and O–H groups in total. The summed E-state index contributed by atoms with van der Waals surface area (Å²) in [7, 11) is -0.631. The maximum absolute atomic E-state index is 12.8. The van der Waals surface area contributed by atoms with Gasteiger partial charge in [0.25, 0.3) is 0 Å². The molecule has 1 fully saturated rings. The quantitative estimate of drug-likeness (QED) is 0.279. The largest absolute Gasteiger partial charge is 0.496 e. The highest BCUT2D eigenvalue weighted by Crippen LogP contribution is 2.39. The maximum atomic E-state index is 12.8. The first-order chi connectivity index (χ1) is 18.8. The van der Waals surface area contributed by atoms with Gasteiger partial charge in [0.15, 0.2) is 0 Å². The number of anilines is 2. The average molecular weight is 572 g/mol. The number of hydrogen-bond donors (Lipinski definition) is 4. The Balaban J connectivity index is 1.74. The third-order valence-electron chi connectivity index (χ3n) is 6.51. The number of benzene rings is 1. The second-order valence-corrected chi connectivity index (χ2v) is 12.9. The van der Waals surface area contributed by atoms with Crippen molar-refractivity contribution in [1.82, 2.24) is 25.3 Å². The van der Waals surface area contributed by atoms with E-state index in [4.69, 9.17) is 9.72 Å². The number of ether oxygens (including phenoxy) is 2. The Hall–Kier alpha value is -3.87. The van der Waals surface area contributed by atoms with Gasteiger partial charge < -0.3 is 25.1 Å². The second-order valence-electron chi connectivity index (χ2n) is 10.9. The molecule has 12 nitrogen and oxygen atoms in total. The van der Waals surface area contributed by atoms with Gasteiger partial charge in [0, 0.05) is 35.3 Å². The highest BCUT2D eigenvalue weighted by atomic mass is 32.2. The van der Waals surface area contributed by atoms with E-state index in [-0.39, 0.29) is 16.7 Å². The number of methoxy groups -OCH3 is 2. The zero-order valence-corrected chi connectivity index (χ0v) is 24.7. The number of carbonyl (C=O) groups is 1.